The highest BCUT2D eigenvalue weighted by molar-refractivity contribution is 5.68. The molecule has 4 nitrogen and oxygen atoms in total. The van der Waals surface area contributed by atoms with E-state index >= 15 is 0 Å². The maximum Gasteiger partial charge on any atom is 0.407 e. The van der Waals surface area contributed by atoms with Crippen LogP contribution in [0.3, 0.4) is 0 Å². The van der Waals surface area contributed by atoms with Gasteiger partial charge in [0.05, 0.1) is 0 Å². The summed E-state index contributed by atoms with van der Waals surface area (Å²) in [5.41, 5.74) is -0.418. The quantitative estimate of drug-likeness (QED) is 0.757. The molecule has 0 aliphatic heterocycles. The molecule has 134 valence electrons. The lowest BCUT2D eigenvalue weighted by molar-refractivity contribution is 0.0488. The first-order valence-electron chi connectivity index (χ1n) is 9.59. The van der Waals surface area contributed by atoms with Crippen LogP contribution in [-0.4, -0.2) is 29.8 Å². The molecular weight excluding hydrogens is 288 g/mol. The van der Waals surface area contributed by atoms with Crippen molar-refractivity contribution in [2.24, 2.45) is 5.92 Å². The first-order valence-corrected chi connectivity index (χ1v) is 9.59. The largest absolute Gasteiger partial charge is 0.444 e. The Bertz CT molecular complexity index is 370. The van der Waals surface area contributed by atoms with Crippen molar-refractivity contribution in [1.82, 2.24) is 10.6 Å². The minimum Gasteiger partial charge on any atom is -0.444 e. The van der Waals surface area contributed by atoms with E-state index in [1.165, 1.54) is 32.1 Å². The third-order valence-corrected chi connectivity index (χ3v) is 5.26. The van der Waals surface area contributed by atoms with E-state index < -0.39 is 5.60 Å². The van der Waals surface area contributed by atoms with Crippen molar-refractivity contribution < 1.29 is 9.53 Å². The van der Waals surface area contributed by atoms with Gasteiger partial charge in [-0.1, -0.05) is 26.2 Å². The standard InChI is InChI=1S/C19H36N2O2/c1-14-8-6-5-7-9-17(14)20-15-10-12-16(13-11-15)21-18(22)23-19(2,3)4/h14-17,20H,5-13H2,1-4H3,(H,21,22). The molecule has 2 saturated carbocycles. The maximum absolute atomic E-state index is 11.9. The molecular formula is C19H36N2O2. The third-order valence-electron chi connectivity index (χ3n) is 5.26. The molecule has 23 heavy (non-hydrogen) atoms. The van der Waals surface area contributed by atoms with Crippen LogP contribution in [0, 0.1) is 5.92 Å². The second-order valence-electron chi connectivity index (χ2n) is 8.58. The van der Waals surface area contributed by atoms with E-state index in [1.807, 2.05) is 20.8 Å². The van der Waals surface area contributed by atoms with E-state index in [0.29, 0.717) is 12.1 Å². The smallest absolute Gasteiger partial charge is 0.407 e. The molecule has 2 aliphatic carbocycles. The molecule has 0 saturated heterocycles. The van der Waals surface area contributed by atoms with Crippen LogP contribution in [0.4, 0.5) is 4.79 Å². The molecule has 4 heteroatoms. The molecule has 0 bridgehead atoms. The monoisotopic (exact) mass is 324 g/mol. The molecule has 2 rings (SSSR count). The Morgan fingerprint density at radius 1 is 0.913 bits per heavy atom. The lowest BCUT2D eigenvalue weighted by Crippen LogP contribution is -2.47. The Labute approximate surface area is 142 Å². The maximum atomic E-state index is 11.9. The topological polar surface area (TPSA) is 50.4 Å². The summed E-state index contributed by atoms with van der Waals surface area (Å²) in [6.45, 7) is 8.11. The minimum absolute atomic E-state index is 0.272. The summed E-state index contributed by atoms with van der Waals surface area (Å²) in [6, 6.07) is 1.59. The summed E-state index contributed by atoms with van der Waals surface area (Å²) >= 11 is 0. The molecule has 0 aromatic carbocycles. The van der Waals surface area contributed by atoms with Gasteiger partial charge >= 0.3 is 6.09 Å². The van der Waals surface area contributed by atoms with Crippen molar-refractivity contribution in [1.29, 1.82) is 0 Å². The predicted octanol–water partition coefficient (Wildman–Crippen LogP) is 4.38. The van der Waals surface area contributed by atoms with E-state index in [2.05, 4.69) is 17.6 Å². The highest BCUT2D eigenvalue weighted by Gasteiger charge is 2.27. The molecule has 0 spiro atoms. The van der Waals surface area contributed by atoms with Gasteiger partial charge in [-0.05, 0) is 65.2 Å². The minimum atomic E-state index is -0.418. The molecule has 2 unspecified atom stereocenters. The van der Waals surface area contributed by atoms with Crippen molar-refractivity contribution in [2.45, 2.75) is 109 Å². The van der Waals surface area contributed by atoms with E-state index in [4.69, 9.17) is 4.74 Å². The average Bonchev–Trinajstić information content (AvgIpc) is 2.64. The Balaban J connectivity index is 1.70. The molecule has 0 heterocycles. The number of rotatable bonds is 3. The summed E-state index contributed by atoms with van der Waals surface area (Å²) < 4.78 is 5.35. The second-order valence-corrected chi connectivity index (χ2v) is 8.58. The molecule has 0 aromatic rings. The Kier molecular flexibility index (Phi) is 6.75. The fourth-order valence-corrected chi connectivity index (χ4v) is 3.92. The number of amides is 1. The van der Waals surface area contributed by atoms with Crippen molar-refractivity contribution in [2.75, 3.05) is 0 Å². The van der Waals surface area contributed by atoms with Crippen molar-refractivity contribution in [3.05, 3.63) is 0 Å². The van der Waals surface area contributed by atoms with Crippen LogP contribution in [0.5, 0.6) is 0 Å². The third kappa shape index (κ3) is 6.70. The van der Waals surface area contributed by atoms with E-state index in [-0.39, 0.29) is 12.1 Å². The van der Waals surface area contributed by atoms with Crippen molar-refractivity contribution in [3.63, 3.8) is 0 Å². The summed E-state index contributed by atoms with van der Waals surface area (Å²) in [5, 5.41) is 6.95. The van der Waals surface area contributed by atoms with Gasteiger partial charge in [0.25, 0.3) is 0 Å². The lowest BCUT2D eigenvalue weighted by Gasteiger charge is -2.34. The molecule has 2 fully saturated rings. The van der Waals surface area contributed by atoms with Crippen LogP contribution in [0.25, 0.3) is 0 Å². The summed E-state index contributed by atoms with van der Waals surface area (Å²) in [5.74, 6) is 0.801. The first kappa shape index (κ1) is 18.6. The van der Waals surface area contributed by atoms with Crippen LogP contribution >= 0.6 is 0 Å². The lowest BCUT2D eigenvalue weighted by atomic mass is 9.88. The van der Waals surface area contributed by atoms with Crippen molar-refractivity contribution >= 4 is 6.09 Å². The second kappa shape index (κ2) is 8.36. The zero-order valence-corrected chi connectivity index (χ0v) is 15.5. The summed E-state index contributed by atoms with van der Waals surface area (Å²) in [7, 11) is 0. The normalized spacial score (nSPS) is 32.9. The van der Waals surface area contributed by atoms with Crippen LogP contribution in [-0.2, 0) is 4.74 Å². The van der Waals surface area contributed by atoms with Gasteiger partial charge < -0.3 is 15.4 Å². The van der Waals surface area contributed by atoms with Gasteiger partial charge in [-0.2, -0.15) is 0 Å². The van der Waals surface area contributed by atoms with Gasteiger partial charge in [0.2, 0.25) is 0 Å². The van der Waals surface area contributed by atoms with Gasteiger partial charge in [0.1, 0.15) is 5.60 Å². The molecule has 0 aromatic heterocycles. The van der Waals surface area contributed by atoms with Gasteiger partial charge in [-0.25, -0.2) is 4.79 Å². The van der Waals surface area contributed by atoms with Gasteiger partial charge in [-0.3, -0.25) is 0 Å². The van der Waals surface area contributed by atoms with E-state index in [9.17, 15) is 4.79 Å². The summed E-state index contributed by atoms with van der Waals surface area (Å²) in [4.78, 5) is 11.9. The fourth-order valence-electron chi connectivity index (χ4n) is 3.92. The number of nitrogens with one attached hydrogen (secondary N) is 2. The van der Waals surface area contributed by atoms with Gasteiger partial charge in [-0.15, -0.1) is 0 Å². The first-order chi connectivity index (χ1) is 10.8. The molecule has 2 atom stereocenters. The van der Waals surface area contributed by atoms with E-state index in [0.717, 1.165) is 31.6 Å². The molecule has 1 amide bonds. The fraction of sp³-hybridized carbons (Fsp3) is 0.947. The van der Waals surface area contributed by atoms with Crippen molar-refractivity contribution in [3.8, 4) is 0 Å². The van der Waals surface area contributed by atoms with Crippen LogP contribution in [0.1, 0.15) is 85.5 Å². The SMILES string of the molecule is CC1CCCCCC1NC1CCC(NC(=O)OC(C)(C)C)CC1. The summed E-state index contributed by atoms with van der Waals surface area (Å²) in [6.07, 6.45) is 11.0. The van der Waals surface area contributed by atoms with Crippen LogP contribution < -0.4 is 10.6 Å². The zero-order valence-electron chi connectivity index (χ0n) is 15.5. The van der Waals surface area contributed by atoms with E-state index in [1.54, 1.807) is 0 Å². The van der Waals surface area contributed by atoms with Crippen LogP contribution in [0.2, 0.25) is 0 Å². The van der Waals surface area contributed by atoms with Gasteiger partial charge in [0.15, 0.2) is 0 Å². The van der Waals surface area contributed by atoms with Crippen LogP contribution in [0.15, 0.2) is 0 Å². The predicted molar refractivity (Wildman–Crippen MR) is 94.6 cm³/mol. The Morgan fingerprint density at radius 3 is 2.17 bits per heavy atom. The number of alkyl carbamates (subject to hydrolysis) is 1. The number of carbonyl (C=O) groups excluding carboxylic acids is 1. The number of hydrogen-bond donors (Lipinski definition) is 2. The number of hydrogen-bond acceptors (Lipinski definition) is 3. The highest BCUT2D eigenvalue weighted by Crippen LogP contribution is 2.26. The Hall–Kier alpha value is -0.770. The number of carbonyl (C=O) groups is 1. The molecule has 0 radical (unpaired) electrons. The highest BCUT2D eigenvalue weighted by atomic mass is 16.6. The van der Waals surface area contributed by atoms with Gasteiger partial charge in [0, 0.05) is 18.1 Å². The average molecular weight is 325 g/mol. The molecule has 2 aliphatic rings. The Morgan fingerprint density at radius 2 is 1.52 bits per heavy atom. The number of ether oxygens (including phenoxy) is 1. The molecule has 2 N–H and O–H groups in total. The zero-order chi connectivity index (χ0) is 16.9.